The van der Waals surface area contributed by atoms with Crippen molar-refractivity contribution in [2.45, 2.75) is 27.2 Å². The molecule has 9 heteroatoms. The van der Waals surface area contributed by atoms with Gasteiger partial charge in [0, 0.05) is 40.5 Å². The lowest BCUT2D eigenvalue weighted by Gasteiger charge is -2.17. The fourth-order valence-electron chi connectivity index (χ4n) is 4.38. The first kappa shape index (κ1) is 39.4. The molecule has 0 saturated heterocycles. The Morgan fingerprint density at radius 3 is 1.57 bits per heavy atom. The molecule has 4 aromatic rings. The fourth-order valence-corrected chi connectivity index (χ4v) is 4.38. The van der Waals surface area contributed by atoms with Crippen molar-refractivity contribution in [2.24, 2.45) is 0 Å². The van der Waals surface area contributed by atoms with Gasteiger partial charge in [-0.3, -0.25) is 0 Å². The third-order valence-electron chi connectivity index (χ3n) is 7.12. The highest BCUT2D eigenvalue weighted by atomic mass is 16.6. The van der Waals surface area contributed by atoms with Gasteiger partial charge < -0.3 is 23.7 Å². The van der Waals surface area contributed by atoms with Crippen LogP contribution in [0, 0.1) is 23.7 Å². The zero-order valence-electron chi connectivity index (χ0n) is 30.1. The van der Waals surface area contributed by atoms with E-state index < -0.39 is 23.9 Å². The molecule has 270 valence electrons. The van der Waals surface area contributed by atoms with Crippen molar-refractivity contribution in [1.82, 2.24) is 0 Å². The fraction of sp³-hybridized carbons (Fsp3) is 0.111. The van der Waals surface area contributed by atoms with Gasteiger partial charge in [0.1, 0.15) is 17.1 Å². The van der Waals surface area contributed by atoms with Crippen LogP contribution >= 0.6 is 0 Å². The lowest BCUT2D eigenvalue weighted by molar-refractivity contribution is -0.130. The highest BCUT2D eigenvalue weighted by Gasteiger charge is 2.24. The minimum absolute atomic E-state index is 0.0274. The number of hydrogen-bond acceptors (Lipinski definition) is 9. The average Bonchev–Trinajstić information content (AvgIpc) is 3.17. The van der Waals surface area contributed by atoms with Gasteiger partial charge in [-0.25, -0.2) is 19.2 Å². The van der Waals surface area contributed by atoms with Crippen LogP contribution < -0.4 is 23.7 Å². The van der Waals surface area contributed by atoms with Crippen molar-refractivity contribution in [3.8, 4) is 63.6 Å². The molecule has 4 rings (SSSR count). The van der Waals surface area contributed by atoms with E-state index in [0.29, 0.717) is 34.6 Å². The van der Waals surface area contributed by atoms with Crippen LogP contribution in [0.3, 0.4) is 0 Å². The van der Waals surface area contributed by atoms with Crippen LogP contribution in [0.5, 0.6) is 28.7 Å². The SMILES string of the molecule is C=CC(=O)Oc1cc(C#Cc2ccc(-c3ccc(OC(=O)C(=C)C)cc3)cc2)c(OCCC)c(OC(=O)C=C)c1C#Cc1ccc(OC(=O)C(=C)C)cc1. The summed E-state index contributed by atoms with van der Waals surface area (Å²) >= 11 is 0. The van der Waals surface area contributed by atoms with Crippen molar-refractivity contribution in [1.29, 1.82) is 0 Å². The molecule has 0 amide bonds. The quantitative estimate of drug-likeness (QED) is 0.0620. The van der Waals surface area contributed by atoms with E-state index in [1.807, 2.05) is 43.3 Å². The number of benzene rings is 4. The summed E-state index contributed by atoms with van der Waals surface area (Å²) in [5.41, 5.74) is 3.75. The first-order valence-corrected chi connectivity index (χ1v) is 16.5. The summed E-state index contributed by atoms with van der Waals surface area (Å²) in [7, 11) is 0. The predicted molar refractivity (Wildman–Crippen MR) is 205 cm³/mol. The molecule has 0 fully saturated rings. The van der Waals surface area contributed by atoms with Crippen molar-refractivity contribution in [3.63, 3.8) is 0 Å². The number of hydrogen-bond donors (Lipinski definition) is 0. The third kappa shape index (κ3) is 10.8. The highest BCUT2D eigenvalue weighted by molar-refractivity contribution is 5.90. The summed E-state index contributed by atoms with van der Waals surface area (Å²) in [6.45, 7) is 19.4. The van der Waals surface area contributed by atoms with Crippen LogP contribution in [-0.4, -0.2) is 30.5 Å². The minimum Gasteiger partial charge on any atom is -0.488 e. The van der Waals surface area contributed by atoms with Crippen molar-refractivity contribution in [2.75, 3.05) is 6.61 Å². The average molecular weight is 721 g/mol. The Kier molecular flexibility index (Phi) is 13.7. The Labute approximate surface area is 314 Å². The summed E-state index contributed by atoms with van der Waals surface area (Å²) < 4.78 is 27.9. The first-order chi connectivity index (χ1) is 25.9. The van der Waals surface area contributed by atoms with E-state index in [9.17, 15) is 19.2 Å². The Hall–Kier alpha value is -7.36. The second kappa shape index (κ2) is 18.8. The zero-order valence-corrected chi connectivity index (χ0v) is 30.1. The zero-order chi connectivity index (χ0) is 39.2. The van der Waals surface area contributed by atoms with Crippen molar-refractivity contribution < 1.29 is 42.9 Å². The molecule has 0 bridgehead atoms. The van der Waals surface area contributed by atoms with Gasteiger partial charge in [-0.2, -0.15) is 0 Å². The number of carbonyl (C=O) groups excluding carboxylic acids is 4. The van der Waals surface area contributed by atoms with Gasteiger partial charge >= 0.3 is 23.9 Å². The molecule has 0 heterocycles. The maximum absolute atomic E-state index is 12.7. The maximum Gasteiger partial charge on any atom is 0.338 e. The van der Waals surface area contributed by atoms with E-state index in [2.05, 4.69) is 50.0 Å². The van der Waals surface area contributed by atoms with Gasteiger partial charge in [0.15, 0.2) is 17.2 Å². The van der Waals surface area contributed by atoms with Crippen LogP contribution in [0.2, 0.25) is 0 Å². The molecule has 0 aromatic heterocycles. The summed E-state index contributed by atoms with van der Waals surface area (Å²) in [5, 5.41) is 0. The van der Waals surface area contributed by atoms with Gasteiger partial charge in [0.05, 0.1) is 12.2 Å². The largest absolute Gasteiger partial charge is 0.488 e. The lowest BCUT2D eigenvalue weighted by Crippen LogP contribution is -2.11. The summed E-state index contributed by atoms with van der Waals surface area (Å²) in [6, 6.07) is 22.3. The van der Waals surface area contributed by atoms with Crippen molar-refractivity contribution in [3.05, 3.63) is 151 Å². The summed E-state index contributed by atoms with van der Waals surface area (Å²) in [4.78, 5) is 48.9. The molecule has 0 saturated carbocycles. The van der Waals surface area contributed by atoms with Gasteiger partial charge in [0.25, 0.3) is 0 Å². The van der Waals surface area contributed by atoms with E-state index in [4.69, 9.17) is 23.7 Å². The Morgan fingerprint density at radius 1 is 0.611 bits per heavy atom. The molecule has 4 aromatic carbocycles. The molecule has 0 N–H and O–H groups in total. The highest BCUT2D eigenvalue weighted by Crippen LogP contribution is 2.41. The molecule has 0 spiro atoms. The molecular weight excluding hydrogens is 684 g/mol. The smallest absolute Gasteiger partial charge is 0.338 e. The molecule has 0 aliphatic rings. The molecule has 54 heavy (non-hydrogen) atoms. The topological polar surface area (TPSA) is 114 Å². The number of esters is 4. The van der Waals surface area contributed by atoms with E-state index >= 15 is 0 Å². The van der Waals surface area contributed by atoms with E-state index in [-0.39, 0.29) is 40.6 Å². The molecule has 0 atom stereocenters. The first-order valence-electron chi connectivity index (χ1n) is 16.5. The Bertz CT molecular complexity index is 2250. The number of carbonyl (C=O) groups is 4. The normalized spacial score (nSPS) is 9.83. The molecule has 9 nitrogen and oxygen atoms in total. The van der Waals surface area contributed by atoms with Gasteiger partial charge in [-0.1, -0.05) is 81.2 Å². The summed E-state index contributed by atoms with van der Waals surface area (Å²) in [6.07, 6.45) is 2.56. The van der Waals surface area contributed by atoms with E-state index in [1.54, 1.807) is 50.2 Å². The van der Waals surface area contributed by atoms with E-state index in [0.717, 1.165) is 23.3 Å². The monoisotopic (exact) mass is 720 g/mol. The number of rotatable bonds is 12. The second-order valence-corrected chi connectivity index (χ2v) is 11.5. The Balaban J connectivity index is 1.77. The van der Waals surface area contributed by atoms with Crippen molar-refractivity contribution >= 4 is 23.9 Å². The molecule has 0 unspecified atom stereocenters. The van der Waals surface area contributed by atoms with Crippen LogP contribution in [-0.2, 0) is 19.2 Å². The molecule has 0 aliphatic heterocycles. The standard InChI is InChI=1S/C45H36O9/c1-8-27-50-42-35(19-13-31-11-17-33(18-12-31)34-20-24-37(25-21-34)52-45(49)30(6)7)28-39(53-40(46)9-2)38(43(42)54-41(47)10-3)26-16-32-14-22-36(23-15-32)51-44(48)29(4)5/h9-12,14-15,17-18,20-25,28H,2-4,6,8,27H2,1,5,7H3. The van der Waals surface area contributed by atoms with Gasteiger partial charge in [-0.15, -0.1) is 0 Å². The predicted octanol–water partition coefficient (Wildman–Crippen LogP) is 8.09. The second-order valence-electron chi connectivity index (χ2n) is 11.5. The lowest BCUT2D eigenvalue weighted by atomic mass is 10.0. The Morgan fingerprint density at radius 2 is 1.07 bits per heavy atom. The third-order valence-corrected chi connectivity index (χ3v) is 7.12. The minimum atomic E-state index is -0.813. The summed E-state index contributed by atoms with van der Waals surface area (Å²) in [5.74, 6) is 10.0. The van der Waals surface area contributed by atoms with Crippen LogP contribution in [0.1, 0.15) is 49.4 Å². The molecule has 0 radical (unpaired) electrons. The van der Waals surface area contributed by atoms with E-state index in [1.165, 1.54) is 6.07 Å². The van der Waals surface area contributed by atoms with Crippen LogP contribution in [0.25, 0.3) is 11.1 Å². The van der Waals surface area contributed by atoms with Gasteiger partial charge in [0.2, 0.25) is 0 Å². The van der Waals surface area contributed by atoms with Crippen LogP contribution in [0.4, 0.5) is 0 Å². The maximum atomic E-state index is 12.7. The molecular formula is C45H36O9. The van der Waals surface area contributed by atoms with Gasteiger partial charge in [-0.05, 0) is 79.9 Å². The number of ether oxygens (including phenoxy) is 5. The molecule has 0 aliphatic carbocycles. The van der Waals surface area contributed by atoms with Crippen LogP contribution in [0.15, 0.2) is 128 Å².